The Kier molecular flexibility index (Phi) is 6.50. The molecular formula is C18H27ClFN. The molecule has 1 aliphatic rings. The van der Waals surface area contributed by atoms with Gasteiger partial charge in [0.1, 0.15) is 5.82 Å². The Bertz CT molecular complexity index is 449. The third-order valence-electron chi connectivity index (χ3n) is 4.75. The molecule has 3 atom stereocenters. The molecule has 0 aliphatic heterocycles. The molecule has 3 unspecified atom stereocenters. The van der Waals surface area contributed by atoms with Crippen LogP contribution in [-0.2, 0) is 6.42 Å². The van der Waals surface area contributed by atoms with E-state index in [1.54, 1.807) is 6.07 Å². The molecule has 0 heterocycles. The molecule has 21 heavy (non-hydrogen) atoms. The van der Waals surface area contributed by atoms with Gasteiger partial charge in [0.05, 0.1) is 5.02 Å². The van der Waals surface area contributed by atoms with Crippen molar-refractivity contribution in [1.82, 2.24) is 5.32 Å². The first kappa shape index (κ1) is 16.8. The molecule has 1 aromatic rings. The van der Waals surface area contributed by atoms with Crippen molar-refractivity contribution in [3.63, 3.8) is 0 Å². The van der Waals surface area contributed by atoms with Gasteiger partial charge in [-0.05, 0) is 68.2 Å². The highest BCUT2D eigenvalue weighted by Crippen LogP contribution is 2.36. The minimum Gasteiger partial charge on any atom is -0.316 e. The molecule has 1 aliphatic carbocycles. The van der Waals surface area contributed by atoms with Crippen LogP contribution < -0.4 is 5.32 Å². The minimum atomic E-state index is -0.224. The number of hydrogen-bond acceptors (Lipinski definition) is 1. The number of benzene rings is 1. The molecule has 2 rings (SSSR count). The van der Waals surface area contributed by atoms with Crippen molar-refractivity contribution in [2.24, 2.45) is 17.8 Å². The minimum absolute atomic E-state index is 0.224. The molecule has 0 aromatic heterocycles. The summed E-state index contributed by atoms with van der Waals surface area (Å²) in [5.74, 6) is 1.74. The molecule has 1 saturated carbocycles. The highest BCUT2D eigenvalue weighted by atomic mass is 35.5. The molecule has 0 amide bonds. The third-order valence-corrected chi connectivity index (χ3v) is 5.04. The van der Waals surface area contributed by atoms with Gasteiger partial charge < -0.3 is 5.32 Å². The third kappa shape index (κ3) is 4.69. The Morgan fingerprint density at radius 2 is 2.10 bits per heavy atom. The normalized spacial score (nSPS) is 26.0. The Labute approximate surface area is 133 Å². The topological polar surface area (TPSA) is 12.0 Å². The summed E-state index contributed by atoms with van der Waals surface area (Å²) < 4.78 is 14.1. The second-order valence-electron chi connectivity index (χ2n) is 6.56. The second-order valence-corrected chi connectivity index (χ2v) is 6.97. The lowest BCUT2D eigenvalue weighted by Crippen LogP contribution is -2.34. The van der Waals surface area contributed by atoms with E-state index in [-0.39, 0.29) is 10.8 Å². The van der Waals surface area contributed by atoms with Crippen LogP contribution in [0.4, 0.5) is 4.39 Å². The van der Waals surface area contributed by atoms with E-state index in [0.29, 0.717) is 11.8 Å². The predicted molar refractivity (Wildman–Crippen MR) is 88.3 cm³/mol. The summed E-state index contributed by atoms with van der Waals surface area (Å²) in [5, 5.41) is 3.79. The molecule has 0 bridgehead atoms. The van der Waals surface area contributed by atoms with E-state index in [4.69, 9.17) is 11.6 Å². The van der Waals surface area contributed by atoms with Crippen molar-refractivity contribution in [2.45, 2.75) is 46.0 Å². The number of halogens is 2. The maximum absolute atomic E-state index is 14.1. The maximum Gasteiger partial charge on any atom is 0.144 e. The zero-order valence-corrected chi connectivity index (χ0v) is 13.9. The molecule has 118 valence electrons. The van der Waals surface area contributed by atoms with E-state index < -0.39 is 0 Å². The van der Waals surface area contributed by atoms with Crippen molar-refractivity contribution >= 4 is 11.6 Å². The van der Waals surface area contributed by atoms with Gasteiger partial charge in [-0.1, -0.05) is 44.0 Å². The zero-order chi connectivity index (χ0) is 15.2. The number of hydrogen-bond donors (Lipinski definition) is 1. The SMILES string of the molecule is CCCNCC1CCC(C)CC1Cc1cccc(Cl)c1F. The highest BCUT2D eigenvalue weighted by Gasteiger charge is 2.29. The van der Waals surface area contributed by atoms with Gasteiger partial charge in [-0.25, -0.2) is 4.39 Å². The average molecular weight is 312 g/mol. The molecule has 1 fully saturated rings. The van der Waals surface area contributed by atoms with Crippen molar-refractivity contribution in [1.29, 1.82) is 0 Å². The monoisotopic (exact) mass is 311 g/mol. The lowest BCUT2D eigenvalue weighted by molar-refractivity contribution is 0.183. The number of rotatable bonds is 6. The quantitative estimate of drug-likeness (QED) is 0.723. The summed E-state index contributed by atoms with van der Waals surface area (Å²) in [4.78, 5) is 0. The molecule has 0 spiro atoms. The zero-order valence-electron chi connectivity index (χ0n) is 13.2. The van der Waals surface area contributed by atoms with Crippen LogP contribution in [0.25, 0.3) is 0 Å². The summed E-state index contributed by atoms with van der Waals surface area (Å²) in [6.45, 7) is 6.64. The van der Waals surface area contributed by atoms with Crippen LogP contribution in [-0.4, -0.2) is 13.1 Å². The molecule has 1 nitrogen and oxygen atoms in total. The van der Waals surface area contributed by atoms with Gasteiger partial charge in [-0.3, -0.25) is 0 Å². The van der Waals surface area contributed by atoms with Crippen molar-refractivity contribution in [2.75, 3.05) is 13.1 Å². The lowest BCUT2D eigenvalue weighted by atomic mass is 9.72. The number of nitrogens with one attached hydrogen (secondary N) is 1. The summed E-state index contributed by atoms with van der Waals surface area (Å²) in [6.07, 6.45) is 5.73. The van der Waals surface area contributed by atoms with Crippen molar-refractivity contribution in [3.05, 3.63) is 34.6 Å². The van der Waals surface area contributed by atoms with Crippen molar-refractivity contribution in [3.8, 4) is 0 Å². The van der Waals surface area contributed by atoms with Gasteiger partial charge in [-0.2, -0.15) is 0 Å². The van der Waals surface area contributed by atoms with Crippen LogP contribution >= 0.6 is 11.6 Å². The van der Waals surface area contributed by atoms with Crippen LogP contribution in [0.2, 0.25) is 5.02 Å². The van der Waals surface area contributed by atoms with E-state index >= 15 is 0 Å². The van der Waals surface area contributed by atoms with Gasteiger partial charge in [0, 0.05) is 0 Å². The average Bonchev–Trinajstić information content (AvgIpc) is 2.46. The maximum atomic E-state index is 14.1. The molecule has 0 radical (unpaired) electrons. The first-order chi connectivity index (χ1) is 10.1. The van der Waals surface area contributed by atoms with Crippen LogP contribution in [0.3, 0.4) is 0 Å². The van der Waals surface area contributed by atoms with Crippen LogP contribution in [0.1, 0.15) is 45.1 Å². The fourth-order valence-corrected chi connectivity index (χ4v) is 3.73. The summed E-state index contributed by atoms with van der Waals surface area (Å²) >= 11 is 5.91. The second kappa shape index (κ2) is 8.14. The molecular weight excluding hydrogens is 285 g/mol. The van der Waals surface area contributed by atoms with Crippen LogP contribution in [0, 0.1) is 23.6 Å². The van der Waals surface area contributed by atoms with E-state index in [2.05, 4.69) is 19.2 Å². The van der Waals surface area contributed by atoms with Gasteiger partial charge in [-0.15, -0.1) is 0 Å². The van der Waals surface area contributed by atoms with Crippen molar-refractivity contribution < 1.29 is 4.39 Å². The van der Waals surface area contributed by atoms with Crippen LogP contribution in [0.15, 0.2) is 18.2 Å². The fourth-order valence-electron chi connectivity index (χ4n) is 3.53. The summed E-state index contributed by atoms with van der Waals surface area (Å²) in [7, 11) is 0. The Morgan fingerprint density at radius 1 is 1.29 bits per heavy atom. The molecule has 3 heteroatoms. The fraction of sp³-hybridized carbons (Fsp3) is 0.667. The predicted octanol–water partition coefficient (Wildman–Crippen LogP) is 5.07. The summed E-state index contributed by atoms with van der Waals surface area (Å²) in [6, 6.07) is 5.37. The smallest absolute Gasteiger partial charge is 0.144 e. The van der Waals surface area contributed by atoms with Gasteiger partial charge in [0.2, 0.25) is 0 Å². The Morgan fingerprint density at radius 3 is 2.86 bits per heavy atom. The van der Waals surface area contributed by atoms with E-state index in [1.165, 1.54) is 19.3 Å². The van der Waals surface area contributed by atoms with E-state index in [0.717, 1.165) is 37.4 Å². The first-order valence-electron chi connectivity index (χ1n) is 8.25. The Balaban J connectivity index is 2.03. The molecule has 0 saturated heterocycles. The molecule has 1 N–H and O–H groups in total. The standard InChI is InChI=1S/C18H27ClFN/c1-3-9-21-12-15-8-7-13(2)10-16(15)11-14-5-4-6-17(19)18(14)20/h4-6,13,15-16,21H,3,7-12H2,1-2H3. The highest BCUT2D eigenvalue weighted by molar-refractivity contribution is 6.30. The Hall–Kier alpha value is -0.600. The first-order valence-corrected chi connectivity index (χ1v) is 8.63. The summed E-state index contributed by atoms with van der Waals surface area (Å²) in [5.41, 5.74) is 0.780. The van der Waals surface area contributed by atoms with Gasteiger partial charge in [0.15, 0.2) is 0 Å². The van der Waals surface area contributed by atoms with E-state index in [1.807, 2.05) is 12.1 Å². The largest absolute Gasteiger partial charge is 0.316 e. The van der Waals surface area contributed by atoms with E-state index in [9.17, 15) is 4.39 Å². The molecule has 1 aromatic carbocycles. The lowest BCUT2D eigenvalue weighted by Gasteiger charge is -2.35. The van der Waals surface area contributed by atoms with Gasteiger partial charge >= 0.3 is 0 Å². The van der Waals surface area contributed by atoms with Crippen LogP contribution in [0.5, 0.6) is 0 Å². The van der Waals surface area contributed by atoms with Gasteiger partial charge in [0.25, 0.3) is 0 Å².